The van der Waals surface area contributed by atoms with Gasteiger partial charge in [0, 0.05) is 12.2 Å². The molecule has 2 rings (SSSR count). The third kappa shape index (κ3) is 3.20. The van der Waals surface area contributed by atoms with Crippen molar-refractivity contribution in [1.82, 2.24) is 4.98 Å². The smallest absolute Gasteiger partial charge is 0.127 e. The van der Waals surface area contributed by atoms with Gasteiger partial charge in [-0.25, -0.2) is 4.98 Å². The number of nitrogens with zero attached hydrogens (tertiary/aromatic N) is 2. The van der Waals surface area contributed by atoms with Gasteiger partial charge in [0.05, 0.1) is 11.6 Å². The van der Waals surface area contributed by atoms with Crippen molar-refractivity contribution in [3.63, 3.8) is 0 Å². The largest absolute Gasteiger partial charge is 0.370 e. The average Bonchev–Trinajstić information content (AvgIpc) is 2.72. The standard InChI is InChI=1S/C14H19N3/c1-10-3-4-12(5-10)9-16-14-7-13(8-15)6-11(2)17-14/h6-7,10,12H,3-5,9H2,1-2H3,(H,16,17). The van der Waals surface area contributed by atoms with Crippen molar-refractivity contribution in [1.29, 1.82) is 5.26 Å². The maximum absolute atomic E-state index is 8.90. The van der Waals surface area contributed by atoms with Crippen LogP contribution in [0.5, 0.6) is 0 Å². The first-order chi connectivity index (χ1) is 8.17. The van der Waals surface area contributed by atoms with Crippen LogP contribution in [0.15, 0.2) is 12.1 Å². The molecule has 1 saturated carbocycles. The fourth-order valence-electron chi connectivity index (χ4n) is 2.58. The zero-order chi connectivity index (χ0) is 12.3. The van der Waals surface area contributed by atoms with Crippen LogP contribution in [0.25, 0.3) is 0 Å². The van der Waals surface area contributed by atoms with E-state index in [9.17, 15) is 0 Å². The second-order valence-electron chi connectivity index (χ2n) is 5.16. The van der Waals surface area contributed by atoms with Gasteiger partial charge < -0.3 is 5.32 Å². The van der Waals surface area contributed by atoms with Crippen LogP contribution in [0.3, 0.4) is 0 Å². The molecule has 0 saturated heterocycles. The van der Waals surface area contributed by atoms with E-state index in [1.54, 1.807) is 0 Å². The lowest BCUT2D eigenvalue weighted by molar-refractivity contribution is 0.536. The lowest BCUT2D eigenvalue weighted by Gasteiger charge is -2.12. The van der Waals surface area contributed by atoms with Gasteiger partial charge in [0.15, 0.2) is 0 Å². The summed E-state index contributed by atoms with van der Waals surface area (Å²) in [7, 11) is 0. The number of rotatable bonds is 3. The monoisotopic (exact) mass is 229 g/mol. The summed E-state index contributed by atoms with van der Waals surface area (Å²) in [6.45, 7) is 5.22. The fourth-order valence-corrected chi connectivity index (χ4v) is 2.58. The fraction of sp³-hybridized carbons (Fsp3) is 0.571. The van der Waals surface area contributed by atoms with E-state index < -0.39 is 0 Å². The summed E-state index contributed by atoms with van der Waals surface area (Å²) in [5.41, 5.74) is 1.58. The van der Waals surface area contributed by atoms with Crippen molar-refractivity contribution in [2.75, 3.05) is 11.9 Å². The molecule has 2 unspecified atom stereocenters. The molecule has 1 N–H and O–H groups in total. The zero-order valence-corrected chi connectivity index (χ0v) is 10.5. The summed E-state index contributed by atoms with van der Waals surface area (Å²) in [4.78, 5) is 4.40. The van der Waals surface area contributed by atoms with E-state index in [-0.39, 0.29) is 0 Å². The van der Waals surface area contributed by atoms with Crippen LogP contribution >= 0.6 is 0 Å². The van der Waals surface area contributed by atoms with E-state index in [1.165, 1.54) is 19.3 Å². The number of aromatic nitrogens is 1. The highest BCUT2D eigenvalue weighted by Crippen LogP contribution is 2.30. The second-order valence-corrected chi connectivity index (χ2v) is 5.16. The molecule has 0 radical (unpaired) electrons. The number of hydrogen-bond donors (Lipinski definition) is 1. The molecule has 17 heavy (non-hydrogen) atoms. The van der Waals surface area contributed by atoms with Crippen LogP contribution in [0, 0.1) is 30.1 Å². The van der Waals surface area contributed by atoms with Crippen LogP contribution in [-0.4, -0.2) is 11.5 Å². The van der Waals surface area contributed by atoms with Crippen LogP contribution in [0.1, 0.15) is 37.4 Å². The molecule has 0 bridgehead atoms. The predicted octanol–water partition coefficient (Wildman–Crippen LogP) is 3.11. The number of nitriles is 1. The summed E-state index contributed by atoms with van der Waals surface area (Å²) in [5.74, 6) is 2.46. The molecular formula is C14H19N3. The Bertz CT molecular complexity index is 434. The molecule has 0 spiro atoms. The molecule has 2 atom stereocenters. The minimum Gasteiger partial charge on any atom is -0.370 e. The van der Waals surface area contributed by atoms with E-state index in [1.807, 2.05) is 19.1 Å². The number of hydrogen-bond acceptors (Lipinski definition) is 3. The highest BCUT2D eigenvalue weighted by Gasteiger charge is 2.20. The first kappa shape index (κ1) is 11.9. The van der Waals surface area contributed by atoms with E-state index in [0.717, 1.165) is 29.9 Å². The van der Waals surface area contributed by atoms with Crippen molar-refractivity contribution < 1.29 is 0 Å². The summed E-state index contributed by atoms with van der Waals surface area (Å²) in [6.07, 6.45) is 3.96. The van der Waals surface area contributed by atoms with Crippen LogP contribution in [0.4, 0.5) is 5.82 Å². The van der Waals surface area contributed by atoms with Crippen LogP contribution < -0.4 is 5.32 Å². The molecule has 3 nitrogen and oxygen atoms in total. The summed E-state index contributed by atoms with van der Waals surface area (Å²) >= 11 is 0. The first-order valence-corrected chi connectivity index (χ1v) is 6.30. The van der Waals surface area contributed by atoms with Gasteiger partial charge in [0.25, 0.3) is 0 Å². The van der Waals surface area contributed by atoms with Gasteiger partial charge >= 0.3 is 0 Å². The molecule has 0 amide bonds. The highest BCUT2D eigenvalue weighted by atomic mass is 15.0. The zero-order valence-electron chi connectivity index (χ0n) is 10.5. The number of anilines is 1. The minimum absolute atomic E-state index is 0.680. The molecule has 1 fully saturated rings. The van der Waals surface area contributed by atoms with E-state index >= 15 is 0 Å². The lowest BCUT2D eigenvalue weighted by Crippen LogP contribution is -2.12. The van der Waals surface area contributed by atoms with Crippen LogP contribution in [-0.2, 0) is 0 Å². The van der Waals surface area contributed by atoms with Gasteiger partial charge in [-0.1, -0.05) is 13.3 Å². The summed E-state index contributed by atoms with van der Waals surface area (Å²) < 4.78 is 0. The van der Waals surface area contributed by atoms with Gasteiger partial charge in [0.2, 0.25) is 0 Å². The van der Waals surface area contributed by atoms with Crippen molar-refractivity contribution in [3.8, 4) is 6.07 Å². The quantitative estimate of drug-likeness (QED) is 0.866. The van der Waals surface area contributed by atoms with Crippen molar-refractivity contribution >= 4 is 5.82 Å². The predicted molar refractivity (Wildman–Crippen MR) is 68.7 cm³/mol. The molecule has 1 heterocycles. The maximum atomic E-state index is 8.90. The molecule has 0 aromatic carbocycles. The third-order valence-electron chi connectivity index (χ3n) is 3.46. The highest BCUT2D eigenvalue weighted by molar-refractivity contribution is 5.44. The normalized spacial score (nSPS) is 23.4. The molecular weight excluding hydrogens is 210 g/mol. The third-order valence-corrected chi connectivity index (χ3v) is 3.46. The second kappa shape index (κ2) is 5.18. The maximum Gasteiger partial charge on any atom is 0.127 e. The average molecular weight is 229 g/mol. The van der Waals surface area contributed by atoms with Gasteiger partial charge in [-0.05, 0) is 43.7 Å². The Labute approximate surface area is 103 Å². The Morgan fingerprint density at radius 2 is 2.29 bits per heavy atom. The van der Waals surface area contributed by atoms with Crippen LogP contribution in [0.2, 0.25) is 0 Å². The Hall–Kier alpha value is -1.56. The summed E-state index contributed by atoms with van der Waals surface area (Å²) in [5, 5.41) is 12.3. The topological polar surface area (TPSA) is 48.7 Å². The molecule has 1 aliphatic carbocycles. The lowest BCUT2D eigenvalue weighted by atomic mass is 10.1. The molecule has 0 aliphatic heterocycles. The molecule has 3 heteroatoms. The minimum atomic E-state index is 0.680. The first-order valence-electron chi connectivity index (χ1n) is 6.30. The Balaban J connectivity index is 1.95. The van der Waals surface area contributed by atoms with Crippen molar-refractivity contribution in [2.24, 2.45) is 11.8 Å². The number of nitrogens with one attached hydrogen (secondary N) is 1. The van der Waals surface area contributed by atoms with E-state index in [0.29, 0.717) is 5.56 Å². The summed E-state index contributed by atoms with van der Waals surface area (Å²) in [6, 6.07) is 5.80. The molecule has 1 aliphatic rings. The Morgan fingerprint density at radius 1 is 1.47 bits per heavy atom. The van der Waals surface area contributed by atoms with Gasteiger partial charge in [-0.2, -0.15) is 5.26 Å². The molecule has 1 aromatic heterocycles. The van der Waals surface area contributed by atoms with E-state index in [2.05, 4.69) is 23.3 Å². The molecule has 1 aromatic rings. The number of pyridine rings is 1. The van der Waals surface area contributed by atoms with Crippen molar-refractivity contribution in [2.45, 2.75) is 33.1 Å². The SMILES string of the molecule is Cc1cc(C#N)cc(NCC2CCC(C)C2)n1. The molecule has 90 valence electrons. The number of aryl methyl sites for hydroxylation is 1. The Morgan fingerprint density at radius 3 is 2.94 bits per heavy atom. The van der Waals surface area contributed by atoms with Crippen molar-refractivity contribution in [3.05, 3.63) is 23.4 Å². The van der Waals surface area contributed by atoms with Gasteiger partial charge in [-0.15, -0.1) is 0 Å². The van der Waals surface area contributed by atoms with Gasteiger partial charge in [0.1, 0.15) is 5.82 Å². The van der Waals surface area contributed by atoms with Gasteiger partial charge in [-0.3, -0.25) is 0 Å². The van der Waals surface area contributed by atoms with E-state index in [4.69, 9.17) is 5.26 Å². The Kier molecular flexibility index (Phi) is 3.63.